The van der Waals surface area contributed by atoms with Gasteiger partial charge in [-0.05, 0) is 29.7 Å². The summed E-state index contributed by atoms with van der Waals surface area (Å²) in [6.07, 6.45) is 1.46. The number of benzene rings is 2. The number of carbonyl (C=O) groups excluding carboxylic acids is 2. The van der Waals surface area contributed by atoms with Crippen molar-refractivity contribution in [2.75, 3.05) is 13.1 Å². The molecule has 27 heavy (non-hydrogen) atoms. The van der Waals surface area contributed by atoms with Crippen LogP contribution in [0.3, 0.4) is 0 Å². The van der Waals surface area contributed by atoms with Crippen molar-refractivity contribution in [1.82, 2.24) is 10.2 Å². The highest BCUT2D eigenvalue weighted by Crippen LogP contribution is 2.09. The summed E-state index contributed by atoms with van der Waals surface area (Å²) in [5.74, 6) is -0.0654. The lowest BCUT2D eigenvalue weighted by Gasteiger charge is -2.22. The predicted molar refractivity (Wildman–Crippen MR) is 105 cm³/mol. The van der Waals surface area contributed by atoms with Crippen molar-refractivity contribution in [3.8, 4) is 6.07 Å². The lowest BCUT2D eigenvalue weighted by Crippen LogP contribution is -2.35. The largest absolute Gasteiger partial charge is 0.355 e. The number of nitrogens with zero attached hydrogens (tertiary/aromatic N) is 2. The zero-order chi connectivity index (χ0) is 19.5. The van der Waals surface area contributed by atoms with Gasteiger partial charge in [0.2, 0.25) is 11.8 Å². The van der Waals surface area contributed by atoms with Crippen LogP contribution in [0.2, 0.25) is 0 Å². The summed E-state index contributed by atoms with van der Waals surface area (Å²) in [5.41, 5.74) is 2.55. The summed E-state index contributed by atoms with van der Waals surface area (Å²) in [6.45, 7) is 3.53. The Morgan fingerprint density at radius 3 is 2.37 bits per heavy atom. The minimum Gasteiger partial charge on any atom is -0.355 e. The van der Waals surface area contributed by atoms with E-state index in [0.717, 1.165) is 17.5 Å². The molecule has 0 unspecified atom stereocenters. The Morgan fingerprint density at radius 2 is 1.74 bits per heavy atom. The molecular formula is C22H25N3O2. The van der Waals surface area contributed by atoms with Gasteiger partial charge < -0.3 is 10.2 Å². The monoisotopic (exact) mass is 363 g/mol. The molecule has 2 aromatic carbocycles. The molecule has 5 nitrogen and oxygen atoms in total. The van der Waals surface area contributed by atoms with Crippen molar-refractivity contribution in [1.29, 1.82) is 5.26 Å². The molecule has 0 bridgehead atoms. The quantitative estimate of drug-likeness (QED) is 0.744. The van der Waals surface area contributed by atoms with Gasteiger partial charge in [0.1, 0.15) is 0 Å². The molecule has 0 aliphatic carbocycles. The fraction of sp³-hybridized carbons (Fsp3) is 0.318. The van der Waals surface area contributed by atoms with E-state index in [0.29, 0.717) is 31.6 Å². The van der Waals surface area contributed by atoms with Crippen LogP contribution < -0.4 is 5.32 Å². The molecule has 0 saturated carbocycles. The van der Waals surface area contributed by atoms with Crippen molar-refractivity contribution in [3.63, 3.8) is 0 Å². The number of nitrogens with one attached hydrogen (secondary N) is 1. The van der Waals surface area contributed by atoms with Crippen LogP contribution in [-0.2, 0) is 22.6 Å². The lowest BCUT2D eigenvalue weighted by molar-refractivity contribution is -0.131. The molecule has 2 aromatic rings. The van der Waals surface area contributed by atoms with Gasteiger partial charge in [-0.25, -0.2) is 0 Å². The summed E-state index contributed by atoms with van der Waals surface area (Å²) in [4.78, 5) is 26.3. The van der Waals surface area contributed by atoms with Gasteiger partial charge in [-0.3, -0.25) is 9.59 Å². The summed E-state index contributed by atoms with van der Waals surface area (Å²) in [7, 11) is 0. The molecule has 140 valence electrons. The third-order valence-electron chi connectivity index (χ3n) is 4.17. The average Bonchev–Trinajstić information content (AvgIpc) is 2.69. The summed E-state index contributed by atoms with van der Waals surface area (Å²) in [5, 5.41) is 11.7. The van der Waals surface area contributed by atoms with E-state index >= 15 is 0 Å². The molecule has 0 atom stereocenters. The molecule has 0 radical (unpaired) electrons. The van der Waals surface area contributed by atoms with Gasteiger partial charge in [-0.2, -0.15) is 5.26 Å². The number of amides is 2. The van der Waals surface area contributed by atoms with E-state index in [9.17, 15) is 9.59 Å². The summed E-state index contributed by atoms with van der Waals surface area (Å²) < 4.78 is 0. The molecule has 5 heteroatoms. The van der Waals surface area contributed by atoms with Crippen molar-refractivity contribution in [3.05, 3.63) is 71.3 Å². The molecule has 2 amide bonds. The average molecular weight is 363 g/mol. The van der Waals surface area contributed by atoms with Crippen LogP contribution in [0.25, 0.3) is 0 Å². The number of nitriles is 1. The van der Waals surface area contributed by atoms with E-state index in [1.54, 1.807) is 17.0 Å². The van der Waals surface area contributed by atoms with E-state index < -0.39 is 0 Å². The highest BCUT2D eigenvalue weighted by atomic mass is 16.2. The highest BCUT2D eigenvalue weighted by Gasteiger charge is 2.13. The third-order valence-corrected chi connectivity index (χ3v) is 4.17. The number of rotatable bonds is 9. The second-order valence-electron chi connectivity index (χ2n) is 6.39. The van der Waals surface area contributed by atoms with Gasteiger partial charge in [0.25, 0.3) is 0 Å². The highest BCUT2D eigenvalue weighted by molar-refractivity contribution is 5.80. The number of carbonyl (C=O) groups is 2. The zero-order valence-electron chi connectivity index (χ0n) is 15.6. The maximum Gasteiger partial charge on any atom is 0.224 e. The Bertz CT molecular complexity index is 779. The van der Waals surface area contributed by atoms with Gasteiger partial charge in [0, 0.05) is 26.1 Å². The van der Waals surface area contributed by atoms with Crippen LogP contribution in [0.1, 0.15) is 36.5 Å². The molecule has 1 N–H and O–H groups in total. The zero-order valence-corrected chi connectivity index (χ0v) is 15.6. The smallest absolute Gasteiger partial charge is 0.224 e. The first-order valence-corrected chi connectivity index (χ1v) is 9.19. The molecular weight excluding hydrogens is 338 g/mol. The number of hydrogen-bond acceptors (Lipinski definition) is 3. The molecule has 0 saturated heterocycles. The SMILES string of the molecule is CCCN(Cc1ccc(C#N)cc1)C(=O)CCNC(=O)Cc1ccccc1. The Hall–Kier alpha value is -3.13. The summed E-state index contributed by atoms with van der Waals surface area (Å²) in [6, 6.07) is 18.9. The van der Waals surface area contributed by atoms with Crippen molar-refractivity contribution in [2.24, 2.45) is 0 Å². The molecule has 0 aliphatic heterocycles. The van der Waals surface area contributed by atoms with E-state index in [1.165, 1.54) is 0 Å². The van der Waals surface area contributed by atoms with Gasteiger partial charge >= 0.3 is 0 Å². The van der Waals surface area contributed by atoms with Crippen LogP contribution in [0.4, 0.5) is 0 Å². The second kappa shape index (κ2) is 10.8. The first-order chi connectivity index (χ1) is 13.1. The van der Waals surface area contributed by atoms with Crippen LogP contribution in [0, 0.1) is 11.3 Å². The molecule has 0 heterocycles. The minimum absolute atomic E-state index is 0.0150. The van der Waals surface area contributed by atoms with E-state index in [-0.39, 0.29) is 18.2 Å². The van der Waals surface area contributed by atoms with Crippen molar-refractivity contribution >= 4 is 11.8 Å². The maximum absolute atomic E-state index is 12.5. The fourth-order valence-corrected chi connectivity index (χ4v) is 2.78. The molecule has 0 aliphatic rings. The van der Waals surface area contributed by atoms with Gasteiger partial charge in [0.15, 0.2) is 0 Å². The topological polar surface area (TPSA) is 73.2 Å². The maximum atomic E-state index is 12.5. The van der Waals surface area contributed by atoms with Crippen LogP contribution in [0.5, 0.6) is 0 Å². The van der Waals surface area contributed by atoms with E-state index in [1.807, 2.05) is 49.4 Å². The molecule has 0 aromatic heterocycles. The third kappa shape index (κ3) is 6.95. The van der Waals surface area contributed by atoms with Gasteiger partial charge in [0.05, 0.1) is 18.1 Å². The van der Waals surface area contributed by atoms with Crippen LogP contribution in [0.15, 0.2) is 54.6 Å². The first-order valence-electron chi connectivity index (χ1n) is 9.19. The number of hydrogen-bond donors (Lipinski definition) is 1. The predicted octanol–water partition coefficient (Wildman–Crippen LogP) is 3.05. The van der Waals surface area contributed by atoms with Crippen molar-refractivity contribution < 1.29 is 9.59 Å². The summed E-state index contributed by atoms with van der Waals surface area (Å²) >= 11 is 0. The van der Waals surface area contributed by atoms with E-state index in [4.69, 9.17) is 5.26 Å². The lowest BCUT2D eigenvalue weighted by atomic mass is 10.1. The normalized spacial score (nSPS) is 10.1. The molecule has 0 fully saturated rings. The first kappa shape index (κ1) is 20.2. The van der Waals surface area contributed by atoms with Gasteiger partial charge in [-0.1, -0.05) is 49.4 Å². The Kier molecular flexibility index (Phi) is 8.05. The second-order valence-corrected chi connectivity index (χ2v) is 6.39. The Balaban J connectivity index is 1.81. The fourth-order valence-electron chi connectivity index (χ4n) is 2.78. The van der Waals surface area contributed by atoms with Crippen molar-refractivity contribution in [2.45, 2.75) is 32.7 Å². The molecule has 0 spiro atoms. The standard InChI is InChI=1S/C22H25N3O2/c1-2-14-25(17-20-10-8-19(16-23)9-11-20)22(27)12-13-24-21(26)15-18-6-4-3-5-7-18/h3-11H,2,12-15,17H2,1H3,(H,24,26). The Labute approximate surface area is 160 Å². The molecule has 2 rings (SSSR count). The van der Waals surface area contributed by atoms with Crippen LogP contribution >= 0.6 is 0 Å². The Morgan fingerprint density at radius 1 is 1.04 bits per heavy atom. The minimum atomic E-state index is -0.0804. The van der Waals surface area contributed by atoms with Gasteiger partial charge in [-0.15, -0.1) is 0 Å². The van der Waals surface area contributed by atoms with Crippen LogP contribution in [-0.4, -0.2) is 29.8 Å². The van der Waals surface area contributed by atoms with E-state index in [2.05, 4.69) is 11.4 Å².